The molecule has 162 valence electrons. The second kappa shape index (κ2) is 10.6. The third kappa shape index (κ3) is 5.28. The number of allylic oxidation sites excluding steroid dienone is 4. The van der Waals surface area contributed by atoms with Crippen molar-refractivity contribution in [1.82, 2.24) is 0 Å². The molecular weight excluding hydrogens is 410 g/mol. The predicted octanol–water partition coefficient (Wildman–Crippen LogP) is 7.32. The largest absolute Gasteiger partial charge is 0.292 e. The average molecular weight is 440 g/mol. The van der Waals surface area contributed by atoms with E-state index in [1.165, 1.54) is 27.5 Å². The van der Waals surface area contributed by atoms with Gasteiger partial charge in [0.2, 0.25) is 0 Å². The summed E-state index contributed by atoms with van der Waals surface area (Å²) in [5.41, 5.74) is 6.07. The van der Waals surface area contributed by atoms with E-state index >= 15 is 0 Å². The molecule has 3 heteroatoms. The molecule has 1 atom stereocenters. The van der Waals surface area contributed by atoms with Crippen molar-refractivity contribution in [3.05, 3.63) is 107 Å². The lowest BCUT2D eigenvalue weighted by Crippen LogP contribution is -2.03. The van der Waals surface area contributed by atoms with E-state index in [4.69, 9.17) is 0 Å². The molecule has 3 aromatic carbocycles. The second-order valence-electron chi connectivity index (χ2n) is 8.20. The molecule has 4 rings (SSSR count). The number of thioether (sulfide) groups is 1. The van der Waals surface area contributed by atoms with Crippen molar-refractivity contribution in [1.29, 1.82) is 0 Å². The van der Waals surface area contributed by atoms with Crippen LogP contribution in [0.5, 0.6) is 0 Å². The fourth-order valence-corrected chi connectivity index (χ4v) is 5.53. The minimum atomic E-state index is 0.0489. The Hall–Kier alpha value is -2.91. The van der Waals surface area contributed by atoms with E-state index < -0.39 is 0 Å². The molecule has 0 spiro atoms. The summed E-state index contributed by atoms with van der Waals surface area (Å²) in [6, 6.07) is 21.0. The van der Waals surface area contributed by atoms with Gasteiger partial charge in [-0.1, -0.05) is 78.4 Å². The van der Waals surface area contributed by atoms with Crippen LogP contribution in [0, 0.1) is 6.92 Å². The Bertz CT molecular complexity index is 1180. The first-order valence-electron chi connectivity index (χ1n) is 11.2. The predicted molar refractivity (Wildman–Crippen MR) is 139 cm³/mol. The molecule has 32 heavy (non-hydrogen) atoms. The highest BCUT2D eigenvalue weighted by Gasteiger charge is 2.24. The molecule has 2 nitrogen and oxygen atoms in total. The number of Topliss-reactive ketones (excluding diaryl/α,β-unsaturated/α-hetero) is 1. The van der Waals surface area contributed by atoms with Gasteiger partial charge in [0.25, 0.3) is 0 Å². The normalized spacial score (nSPS) is 15.9. The molecule has 3 aromatic rings. The van der Waals surface area contributed by atoms with Crippen LogP contribution >= 0.6 is 11.8 Å². The fourth-order valence-electron chi connectivity index (χ4n) is 4.22. The van der Waals surface area contributed by atoms with Crippen LogP contribution in [-0.4, -0.2) is 24.3 Å². The van der Waals surface area contributed by atoms with Crippen molar-refractivity contribution in [3.8, 4) is 0 Å². The maximum absolute atomic E-state index is 12.3. The standard InChI is InChI=1S/C29H29NOS/c1-3-6-22(15-17-30-20-27(31)23-13-11-21(2)12-14-23)16-18-32-28-19-25-9-4-7-24-8-5-10-26(28)29(24)25/h3-15,17,28H,16,18-20H2,1-2H3/b6-3-,22-15+,30-17+. The van der Waals surface area contributed by atoms with Crippen LogP contribution in [0.3, 0.4) is 0 Å². The van der Waals surface area contributed by atoms with Gasteiger partial charge in [-0.15, -0.1) is 0 Å². The lowest BCUT2D eigenvalue weighted by atomic mass is 10.1. The van der Waals surface area contributed by atoms with Crippen LogP contribution < -0.4 is 0 Å². The summed E-state index contributed by atoms with van der Waals surface area (Å²) in [5, 5.41) is 3.35. The highest BCUT2D eigenvalue weighted by atomic mass is 32.2. The zero-order valence-corrected chi connectivity index (χ0v) is 19.6. The van der Waals surface area contributed by atoms with Crippen LogP contribution in [0.4, 0.5) is 0 Å². The Morgan fingerprint density at radius 2 is 1.88 bits per heavy atom. The van der Waals surface area contributed by atoms with Crippen LogP contribution in [-0.2, 0) is 6.42 Å². The quantitative estimate of drug-likeness (QED) is 0.198. The molecule has 0 aromatic heterocycles. The van der Waals surface area contributed by atoms with Gasteiger partial charge in [-0.05, 0) is 66.0 Å². The summed E-state index contributed by atoms with van der Waals surface area (Å²) in [6.07, 6.45) is 10.1. The molecule has 0 heterocycles. The molecule has 0 bridgehead atoms. The molecule has 0 amide bonds. The Balaban J connectivity index is 1.32. The van der Waals surface area contributed by atoms with Crippen LogP contribution in [0.2, 0.25) is 0 Å². The van der Waals surface area contributed by atoms with Crippen molar-refractivity contribution >= 4 is 34.5 Å². The molecule has 0 saturated carbocycles. The summed E-state index contributed by atoms with van der Waals surface area (Å²) in [6.45, 7) is 4.24. The summed E-state index contributed by atoms with van der Waals surface area (Å²) in [4.78, 5) is 16.6. The molecule has 0 aliphatic heterocycles. The first-order chi connectivity index (χ1) is 15.7. The first-order valence-corrected chi connectivity index (χ1v) is 12.2. The number of carbonyl (C=O) groups excluding carboxylic acids is 1. The fraction of sp³-hybridized carbons (Fsp3) is 0.241. The van der Waals surface area contributed by atoms with E-state index in [0.717, 1.165) is 29.7 Å². The van der Waals surface area contributed by atoms with Gasteiger partial charge >= 0.3 is 0 Å². The van der Waals surface area contributed by atoms with Crippen molar-refractivity contribution in [2.75, 3.05) is 12.3 Å². The molecule has 0 saturated heterocycles. The summed E-state index contributed by atoms with van der Waals surface area (Å²) in [7, 11) is 0. The number of hydrogen-bond donors (Lipinski definition) is 0. The minimum Gasteiger partial charge on any atom is -0.292 e. The first kappa shape index (κ1) is 22.3. The molecule has 0 fully saturated rings. The number of carbonyl (C=O) groups is 1. The van der Waals surface area contributed by atoms with Gasteiger partial charge in [0, 0.05) is 17.0 Å². The molecule has 1 aliphatic carbocycles. The van der Waals surface area contributed by atoms with E-state index in [9.17, 15) is 4.79 Å². The number of rotatable bonds is 9. The van der Waals surface area contributed by atoms with E-state index in [-0.39, 0.29) is 12.3 Å². The van der Waals surface area contributed by atoms with Crippen molar-refractivity contribution < 1.29 is 4.79 Å². The maximum atomic E-state index is 12.3. The third-order valence-electron chi connectivity index (χ3n) is 5.87. The third-order valence-corrected chi connectivity index (χ3v) is 7.13. The Morgan fingerprint density at radius 1 is 1.09 bits per heavy atom. The zero-order valence-electron chi connectivity index (χ0n) is 18.8. The molecule has 0 radical (unpaired) electrons. The highest BCUT2D eigenvalue weighted by Crippen LogP contribution is 2.44. The van der Waals surface area contributed by atoms with E-state index in [0.29, 0.717) is 5.25 Å². The average Bonchev–Trinajstić information content (AvgIpc) is 3.16. The minimum absolute atomic E-state index is 0.0489. The summed E-state index contributed by atoms with van der Waals surface area (Å²) >= 11 is 2.04. The summed E-state index contributed by atoms with van der Waals surface area (Å²) in [5.74, 6) is 1.11. The Kier molecular flexibility index (Phi) is 7.39. The van der Waals surface area contributed by atoms with E-state index in [2.05, 4.69) is 53.5 Å². The van der Waals surface area contributed by atoms with Crippen LogP contribution in [0.1, 0.15) is 45.6 Å². The van der Waals surface area contributed by atoms with Crippen LogP contribution in [0.15, 0.2) is 89.5 Å². The topological polar surface area (TPSA) is 29.4 Å². The van der Waals surface area contributed by atoms with Gasteiger partial charge in [-0.3, -0.25) is 9.79 Å². The maximum Gasteiger partial charge on any atom is 0.184 e. The van der Waals surface area contributed by atoms with Gasteiger partial charge in [0.15, 0.2) is 5.78 Å². The molecule has 0 N–H and O–H groups in total. The van der Waals surface area contributed by atoms with Gasteiger partial charge in [-0.2, -0.15) is 11.8 Å². The van der Waals surface area contributed by atoms with Crippen molar-refractivity contribution in [2.45, 2.75) is 31.9 Å². The lowest BCUT2D eigenvalue weighted by molar-refractivity contribution is 0.100. The Labute approximate surface area is 195 Å². The number of nitrogens with zero attached hydrogens (tertiary/aromatic N) is 1. The second-order valence-corrected chi connectivity index (χ2v) is 9.51. The lowest BCUT2D eigenvalue weighted by Gasteiger charge is -2.11. The van der Waals surface area contributed by atoms with Crippen LogP contribution in [0.25, 0.3) is 10.8 Å². The zero-order chi connectivity index (χ0) is 22.3. The number of benzene rings is 3. The van der Waals surface area contributed by atoms with Gasteiger partial charge in [0.05, 0.1) is 0 Å². The van der Waals surface area contributed by atoms with Gasteiger partial charge in [0.1, 0.15) is 6.54 Å². The van der Waals surface area contributed by atoms with E-state index in [1.54, 1.807) is 6.21 Å². The highest BCUT2D eigenvalue weighted by molar-refractivity contribution is 7.99. The van der Waals surface area contributed by atoms with Gasteiger partial charge < -0.3 is 0 Å². The van der Waals surface area contributed by atoms with E-state index in [1.807, 2.05) is 56.0 Å². The number of aryl methyl sites for hydroxylation is 1. The molecular formula is C29H29NOS. The monoisotopic (exact) mass is 439 g/mol. The molecule has 1 unspecified atom stereocenters. The summed E-state index contributed by atoms with van der Waals surface area (Å²) < 4.78 is 0. The SMILES string of the molecule is C\C=C/C(=C\C=N\CC(=O)c1ccc(C)cc1)CCSC1Cc2cccc3cccc1c23. The van der Waals surface area contributed by atoms with Gasteiger partial charge in [-0.25, -0.2) is 0 Å². The molecule has 1 aliphatic rings. The smallest absolute Gasteiger partial charge is 0.184 e. The van der Waals surface area contributed by atoms with Crippen molar-refractivity contribution in [2.24, 2.45) is 4.99 Å². The number of ketones is 1. The Morgan fingerprint density at radius 3 is 2.66 bits per heavy atom. The number of hydrogen-bond acceptors (Lipinski definition) is 3. The number of aliphatic imine (C=N–C) groups is 1. The van der Waals surface area contributed by atoms with Crippen molar-refractivity contribution in [3.63, 3.8) is 0 Å².